The third-order valence-electron chi connectivity index (χ3n) is 2.95. The molecule has 20 heavy (non-hydrogen) atoms. The maximum absolute atomic E-state index is 11.5. The van der Waals surface area contributed by atoms with Crippen LogP contribution in [-0.4, -0.2) is 17.9 Å². The number of nitrogens with zero attached hydrogens (tertiary/aromatic N) is 1. The summed E-state index contributed by atoms with van der Waals surface area (Å²) < 4.78 is 5.78. The fourth-order valence-electron chi connectivity index (χ4n) is 1.80. The molecule has 0 aliphatic carbocycles. The molecule has 4 nitrogen and oxygen atoms in total. The van der Waals surface area contributed by atoms with Gasteiger partial charge in [0.05, 0.1) is 0 Å². The van der Waals surface area contributed by atoms with Crippen LogP contribution in [0.1, 0.15) is 35.8 Å². The molecular weight excluding hydrogens is 252 g/mol. The maximum Gasteiger partial charge on any atom is 0.269 e. The topological polar surface area (TPSA) is 51.2 Å². The van der Waals surface area contributed by atoms with Crippen molar-refractivity contribution in [3.05, 3.63) is 53.9 Å². The molecule has 2 rings (SSSR count). The minimum atomic E-state index is -0.230. The molecule has 4 heteroatoms. The first-order valence-electron chi connectivity index (χ1n) is 6.56. The van der Waals surface area contributed by atoms with E-state index < -0.39 is 0 Å². The lowest BCUT2D eigenvalue weighted by Crippen LogP contribution is -2.18. The Balaban J connectivity index is 2.21. The van der Waals surface area contributed by atoms with E-state index in [0.29, 0.717) is 17.4 Å². The van der Waals surface area contributed by atoms with Crippen molar-refractivity contribution in [2.75, 3.05) is 7.05 Å². The van der Waals surface area contributed by atoms with Gasteiger partial charge < -0.3 is 10.1 Å². The van der Waals surface area contributed by atoms with Gasteiger partial charge in [-0.05, 0) is 29.7 Å². The average molecular weight is 270 g/mol. The fourth-order valence-corrected chi connectivity index (χ4v) is 1.80. The summed E-state index contributed by atoms with van der Waals surface area (Å²) in [6, 6.07) is 11.3. The zero-order valence-corrected chi connectivity index (χ0v) is 11.9. The zero-order valence-electron chi connectivity index (χ0n) is 11.9. The van der Waals surface area contributed by atoms with Crippen LogP contribution in [0.5, 0.6) is 11.5 Å². The molecule has 0 radical (unpaired) electrons. The normalized spacial score (nSPS) is 10.4. The number of aromatic nitrogens is 1. The van der Waals surface area contributed by atoms with Crippen LogP contribution in [-0.2, 0) is 0 Å². The lowest BCUT2D eigenvalue weighted by molar-refractivity contribution is 0.0958. The van der Waals surface area contributed by atoms with Crippen molar-refractivity contribution < 1.29 is 9.53 Å². The molecule has 0 saturated carbocycles. The summed E-state index contributed by atoms with van der Waals surface area (Å²) in [5.41, 5.74) is 1.55. The molecule has 0 aliphatic rings. The van der Waals surface area contributed by atoms with Crippen molar-refractivity contribution in [1.29, 1.82) is 0 Å². The molecule has 1 heterocycles. The highest BCUT2D eigenvalue weighted by atomic mass is 16.5. The number of nitrogens with one attached hydrogen (secondary N) is 1. The van der Waals surface area contributed by atoms with Gasteiger partial charge in [0, 0.05) is 19.3 Å². The second-order valence-electron chi connectivity index (χ2n) is 4.79. The van der Waals surface area contributed by atoms with E-state index >= 15 is 0 Å². The molecular formula is C16H18N2O2. The van der Waals surface area contributed by atoms with E-state index in [9.17, 15) is 4.79 Å². The molecule has 1 amide bonds. The van der Waals surface area contributed by atoms with Crippen molar-refractivity contribution in [2.45, 2.75) is 19.8 Å². The molecule has 0 spiro atoms. The summed E-state index contributed by atoms with van der Waals surface area (Å²) >= 11 is 0. The van der Waals surface area contributed by atoms with E-state index in [1.165, 1.54) is 5.56 Å². The molecule has 1 aromatic carbocycles. The maximum atomic E-state index is 11.5. The highest BCUT2D eigenvalue weighted by Gasteiger charge is 2.07. The molecule has 2 aromatic rings. The van der Waals surface area contributed by atoms with Crippen molar-refractivity contribution in [2.24, 2.45) is 0 Å². The first kappa shape index (κ1) is 14.1. The quantitative estimate of drug-likeness (QED) is 0.926. The third-order valence-corrected chi connectivity index (χ3v) is 2.95. The van der Waals surface area contributed by atoms with Gasteiger partial charge in [0.1, 0.15) is 17.2 Å². The summed E-state index contributed by atoms with van der Waals surface area (Å²) in [6.07, 6.45) is 1.56. The van der Waals surface area contributed by atoms with E-state index in [1.807, 2.05) is 18.2 Å². The van der Waals surface area contributed by atoms with Gasteiger partial charge >= 0.3 is 0 Å². The van der Waals surface area contributed by atoms with E-state index in [0.717, 1.165) is 5.75 Å². The standard InChI is InChI=1S/C16H18N2O2/c1-11(2)12-5-4-6-13(9-12)20-14-7-8-18-15(10-14)16(19)17-3/h4-11H,1-3H3,(H,17,19). The number of carbonyl (C=O) groups excluding carboxylic acids is 1. The van der Waals surface area contributed by atoms with Crippen LogP contribution in [0.15, 0.2) is 42.6 Å². The van der Waals surface area contributed by atoms with Gasteiger partial charge in [-0.3, -0.25) is 9.78 Å². The predicted molar refractivity (Wildman–Crippen MR) is 78.2 cm³/mol. The molecule has 0 saturated heterocycles. The number of amides is 1. The second kappa shape index (κ2) is 6.19. The van der Waals surface area contributed by atoms with E-state index in [1.54, 1.807) is 25.4 Å². The lowest BCUT2D eigenvalue weighted by Gasteiger charge is -2.10. The molecule has 1 aromatic heterocycles. The van der Waals surface area contributed by atoms with Crippen LogP contribution >= 0.6 is 0 Å². The summed E-state index contributed by atoms with van der Waals surface area (Å²) in [5.74, 6) is 1.56. The number of carbonyl (C=O) groups is 1. The highest BCUT2D eigenvalue weighted by Crippen LogP contribution is 2.25. The van der Waals surface area contributed by atoms with Crippen molar-refractivity contribution >= 4 is 5.91 Å². The van der Waals surface area contributed by atoms with Crippen LogP contribution in [0.4, 0.5) is 0 Å². The smallest absolute Gasteiger partial charge is 0.269 e. The van der Waals surface area contributed by atoms with Gasteiger partial charge in [0.15, 0.2) is 0 Å². The van der Waals surface area contributed by atoms with Gasteiger partial charge in [-0.1, -0.05) is 26.0 Å². The molecule has 104 valence electrons. The minimum Gasteiger partial charge on any atom is -0.457 e. The lowest BCUT2D eigenvalue weighted by atomic mass is 10.0. The van der Waals surface area contributed by atoms with Crippen LogP contribution in [0.25, 0.3) is 0 Å². The van der Waals surface area contributed by atoms with Crippen molar-refractivity contribution in [1.82, 2.24) is 10.3 Å². The van der Waals surface area contributed by atoms with Gasteiger partial charge in [-0.25, -0.2) is 0 Å². The summed E-state index contributed by atoms with van der Waals surface area (Å²) in [7, 11) is 1.57. The molecule has 1 N–H and O–H groups in total. The largest absolute Gasteiger partial charge is 0.457 e. The SMILES string of the molecule is CNC(=O)c1cc(Oc2cccc(C(C)C)c2)ccn1. The number of benzene rings is 1. The second-order valence-corrected chi connectivity index (χ2v) is 4.79. The van der Waals surface area contributed by atoms with E-state index in [4.69, 9.17) is 4.74 Å². The Morgan fingerprint density at radius 1 is 1.20 bits per heavy atom. The molecule has 0 unspecified atom stereocenters. The van der Waals surface area contributed by atoms with Crippen LogP contribution < -0.4 is 10.1 Å². The molecule has 0 fully saturated rings. The van der Waals surface area contributed by atoms with Crippen LogP contribution in [0.2, 0.25) is 0 Å². The van der Waals surface area contributed by atoms with Gasteiger partial charge in [-0.15, -0.1) is 0 Å². The molecule has 0 aliphatic heterocycles. The number of hydrogen-bond donors (Lipinski definition) is 1. The first-order chi connectivity index (χ1) is 9.60. The number of ether oxygens (including phenoxy) is 1. The van der Waals surface area contributed by atoms with Crippen molar-refractivity contribution in [3.8, 4) is 11.5 Å². The molecule has 0 bridgehead atoms. The third kappa shape index (κ3) is 3.35. The average Bonchev–Trinajstić information content (AvgIpc) is 2.47. The van der Waals surface area contributed by atoms with E-state index in [-0.39, 0.29) is 5.91 Å². The van der Waals surface area contributed by atoms with Gasteiger partial charge in [0.25, 0.3) is 5.91 Å². The van der Waals surface area contributed by atoms with Gasteiger partial charge in [0.2, 0.25) is 0 Å². The highest BCUT2D eigenvalue weighted by molar-refractivity contribution is 5.92. The zero-order chi connectivity index (χ0) is 14.5. The predicted octanol–water partition coefficient (Wildman–Crippen LogP) is 3.36. The Hall–Kier alpha value is -2.36. The minimum absolute atomic E-state index is 0.230. The number of rotatable bonds is 4. The Morgan fingerprint density at radius 3 is 2.65 bits per heavy atom. The molecule has 0 atom stereocenters. The number of pyridine rings is 1. The Bertz CT molecular complexity index is 609. The Morgan fingerprint density at radius 2 is 1.95 bits per heavy atom. The van der Waals surface area contributed by atoms with Crippen LogP contribution in [0.3, 0.4) is 0 Å². The number of hydrogen-bond acceptors (Lipinski definition) is 3. The summed E-state index contributed by atoms with van der Waals surface area (Å²) in [4.78, 5) is 15.5. The first-order valence-corrected chi connectivity index (χ1v) is 6.56. The summed E-state index contributed by atoms with van der Waals surface area (Å²) in [6.45, 7) is 4.27. The van der Waals surface area contributed by atoms with E-state index in [2.05, 4.69) is 30.2 Å². The van der Waals surface area contributed by atoms with Gasteiger partial charge in [-0.2, -0.15) is 0 Å². The Kier molecular flexibility index (Phi) is 4.35. The fraction of sp³-hybridized carbons (Fsp3) is 0.250. The summed E-state index contributed by atoms with van der Waals surface area (Å²) in [5, 5.41) is 2.54. The monoisotopic (exact) mass is 270 g/mol. The van der Waals surface area contributed by atoms with Crippen molar-refractivity contribution in [3.63, 3.8) is 0 Å². The Labute approximate surface area is 118 Å². The van der Waals surface area contributed by atoms with Crippen LogP contribution in [0, 0.1) is 0 Å².